The minimum Gasteiger partial charge on any atom is -0.486 e. The van der Waals surface area contributed by atoms with Crippen LogP contribution in [0.25, 0.3) is 0 Å². The van der Waals surface area contributed by atoms with Crippen LogP contribution in [0.2, 0.25) is 0 Å². The van der Waals surface area contributed by atoms with Crippen molar-refractivity contribution in [2.75, 3.05) is 19.8 Å². The highest BCUT2D eigenvalue weighted by Crippen LogP contribution is 2.38. The smallest absolute Gasteiger partial charge is 0.274 e. The van der Waals surface area contributed by atoms with Gasteiger partial charge in [-0.1, -0.05) is 19.9 Å². The highest BCUT2D eigenvalue weighted by Gasteiger charge is 2.33. The highest BCUT2D eigenvalue weighted by molar-refractivity contribution is 5.93. The third-order valence-corrected chi connectivity index (χ3v) is 5.89. The quantitative estimate of drug-likeness (QED) is 0.772. The summed E-state index contributed by atoms with van der Waals surface area (Å²) in [4.78, 5) is 15.2. The number of aryl methyl sites for hydroxylation is 1. The third kappa shape index (κ3) is 3.36. The Kier molecular flexibility index (Phi) is 5.29. The number of fused-ring (bicyclic) bond motifs is 1. The molecular formula is C22H29N3O3. The van der Waals surface area contributed by atoms with E-state index in [1.165, 1.54) is 0 Å². The molecular weight excluding hydrogens is 354 g/mol. The van der Waals surface area contributed by atoms with Crippen molar-refractivity contribution < 1.29 is 14.3 Å². The zero-order valence-corrected chi connectivity index (χ0v) is 17.0. The number of carbonyl (C=O) groups is 1. The first kappa shape index (κ1) is 18.8. The van der Waals surface area contributed by atoms with E-state index in [0.29, 0.717) is 24.9 Å². The maximum Gasteiger partial charge on any atom is 0.274 e. The van der Waals surface area contributed by atoms with Gasteiger partial charge in [0.25, 0.3) is 5.91 Å². The van der Waals surface area contributed by atoms with E-state index in [-0.39, 0.29) is 11.9 Å². The Balaban J connectivity index is 1.58. The maximum absolute atomic E-state index is 13.3. The number of amides is 1. The van der Waals surface area contributed by atoms with Crippen molar-refractivity contribution in [1.29, 1.82) is 0 Å². The van der Waals surface area contributed by atoms with Gasteiger partial charge in [0.05, 0.1) is 12.1 Å². The first-order valence-corrected chi connectivity index (χ1v) is 10.4. The first-order chi connectivity index (χ1) is 13.6. The fraction of sp³-hybridized carbons (Fsp3) is 0.545. The van der Waals surface area contributed by atoms with E-state index in [9.17, 15) is 4.79 Å². The molecule has 1 amide bonds. The van der Waals surface area contributed by atoms with Gasteiger partial charge in [-0.3, -0.25) is 9.48 Å². The summed E-state index contributed by atoms with van der Waals surface area (Å²) in [6.07, 6.45) is 3.97. The van der Waals surface area contributed by atoms with Crippen LogP contribution in [0.3, 0.4) is 0 Å². The van der Waals surface area contributed by atoms with Crippen LogP contribution in [0.4, 0.5) is 0 Å². The van der Waals surface area contributed by atoms with Crippen molar-refractivity contribution in [1.82, 2.24) is 14.7 Å². The molecule has 1 unspecified atom stereocenters. The average molecular weight is 383 g/mol. The lowest BCUT2D eigenvalue weighted by Gasteiger charge is -2.26. The van der Waals surface area contributed by atoms with Crippen LogP contribution in [0, 0.1) is 6.92 Å². The van der Waals surface area contributed by atoms with Gasteiger partial charge in [0, 0.05) is 12.2 Å². The number of nitrogens with zero attached hydrogens (tertiary/aromatic N) is 3. The van der Waals surface area contributed by atoms with E-state index in [0.717, 1.165) is 55.0 Å². The van der Waals surface area contributed by atoms with E-state index in [4.69, 9.17) is 9.47 Å². The van der Waals surface area contributed by atoms with Crippen LogP contribution < -0.4 is 9.47 Å². The Morgan fingerprint density at radius 2 is 1.93 bits per heavy atom. The van der Waals surface area contributed by atoms with E-state index in [1.54, 1.807) is 0 Å². The molecule has 1 fully saturated rings. The van der Waals surface area contributed by atoms with E-state index < -0.39 is 0 Å². The van der Waals surface area contributed by atoms with Crippen molar-refractivity contribution in [2.24, 2.45) is 0 Å². The lowest BCUT2D eigenvalue weighted by Crippen LogP contribution is -2.31. The molecule has 6 nitrogen and oxygen atoms in total. The van der Waals surface area contributed by atoms with Gasteiger partial charge in [0.2, 0.25) is 0 Å². The average Bonchev–Trinajstić information content (AvgIpc) is 3.36. The second-order valence-electron chi connectivity index (χ2n) is 7.65. The van der Waals surface area contributed by atoms with E-state index in [1.807, 2.05) is 34.7 Å². The number of hydrogen-bond donors (Lipinski definition) is 0. The largest absolute Gasteiger partial charge is 0.486 e. The summed E-state index contributed by atoms with van der Waals surface area (Å²) in [5.41, 5.74) is 2.70. The predicted molar refractivity (Wildman–Crippen MR) is 107 cm³/mol. The minimum absolute atomic E-state index is 0.0187. The highest BCUT2D eigenvalue weighted by atomic mass is 16.6. The van der Waals surface area contributed by atoms with E-state index in [2.05, 4.69) is 25.0 Å². The molecule has 2 aromatic rings. The van der Waals surface area contributed by atoms with Crippen LogP contribution in [0.15, 0.2) is 24.3 Å². The molecule has 1 atom stereocenters. The number of hydrogen-bond acceptors (Lipinski definition) is 4. The SMILES string of the molecule is CCC(CC)n1nc(C(=O)N2CCCC2c2ccc3c(c2)OCCO3)cc1C. The van der Waals surface area contributed by atoms with Crippen molar-refractivity contribution >= 4 is 5.91 Å². The molecule has 0 bridgehead atoms. The van der Waals surface area contributed by atoms with Gasteiger partial charge < -0.3 is 14.4 Å². The topological polar surface area (TPSA) is 56.6 Å². The number of rotatable bonds is 5. The number of ether oxygens (including phenoxy) is 2. The predicted octanol–water partition coefficient (Wildman–Crippen LogP) is 4.30. The summed E-state index contributed by atoms with van der Waals surface area (Å²) in [6, 6.07) is 8.36. The van der Waals surface area contributed by atoms with Gasteiger partial charge in [-0.15, -0.1) is 0 Å². The lowest BCUT2D eigenvalue weighted by molar-refractivity contribution is 0.0727. The molecule has 0 N–H and O–H groups in total. The van der Waals surface area contributed by atoms with Crippen LogP contribution in [-0.2, 0) is 0 Å². The molecule has 150 valence electrons. The van der Waals surface area contributed by atoms with Crippen LogP contribution >= 0.6 is 0 Å². The van der Waals surface area contributed by atoms with Gasteiger partial charge in [-0.2, -0.15) is 5.10 Å². The zero-order chi connectivity index (χ0) is 19.7. The second-order valence-corrected chi connectivity index (χ2v) is 7.65. The summed E-state index contributed by atoms with van der Waals surface area (Å²) in [7, 11) is 0. The van der Waals surface area contributed by atoms with Gasteiger partial charge in [0.1, 0.15) is 13.2 Å². The second kappa shape index (κ2) is 7.86. The molecule has 1 aromatic heterocycles. The van der Waals surface area contributed by atoms with Crippen molar-refractivity contribution in [3.63, 3.8) is 0 Å². The summed E-state index contributed by atoms with van der Waals surface area (Å²) in [5.74, 6) is 1.58. The van der Waals surface area contributed by atoms with Crippen molar-refractivity contribution in [3.8, 4) is 11.5 Å². The Hall–Kier alpha value is -2.50. The number of aromatic nitrogens is 2. The molecule has 4 rings (SSSR count). The molecule has 0 radical (unpaired) electrons. The van der Waals surface area contributed by atoms with Crippen molar-refractivity contribution in [3.05, 3.63) is 41.2 Å². The maximum atomic E-state index is 13.3. The normalized spacial score (nSPS) is 18.7. The van der Waals surface area contributed by atoms with Crippen LogP contribution in [0.5, 0.6) is 11.5 Å². The summed E-state index contributed by atoms with van der Waals surface area (Å²) < 4.78 is 13.4. The number of carbonyl (C=O) groups excluding carboxylic acids is 1. The molecule has 1 saturated heterocycles. The lowest BCUT2D eigenvalue weighted by atomic mass is 10.0. The molecule has 3 heterocycles. The fourth-order valence-electron chi connectivity index (χ4n) is 4.37. The van der Waals surface area contributed by atoms with Crippen LogP contribution in [-0.4, -0.2) is 40.3 Å². The Morgan fingerprint density at radius 3 is 2.68 bits per heavy atom. The monoisotopic (exact) mass is 383 g/mol. The number of benzene rings is 1. The molecule has 28 heavy (non-hydrogen) atoms. The fourth-order valence-corrected chi connectivity index (χ4v) is 4.37. The van der Waals surface area contributed by atoms with Crippen molar-refractivity contribution in [2.45, 2.75) is 58.5 Å². The van der Waals surface area contributed by atoms with Gasteiger partial charge in [0.15, 0.2) is 17.2 Å². The third-order valence-electron chi connectivity index (χ3n) is 5.89. The Morgan fingerprint density at radius 1 is 1.18 bits per heavy atom. The van der Waals surface area contributed by atoms with Gasteiger partial charge in [-0.25, -0.2) is 0 Å². The van der Waals surface area contributed by atoms with Crippen LogP contribution in [0.1, 0.15) is 73.4 Å². The number of likely N-dealkylation sites (tertiary alicyclic amines) is 1. The van der Waals surface area contributed by atoms with E-state index >= 15 is 0 Å². The van der Waals surface area contributed by atoms with Gasteiger partial charge >= 0.3 is 0 Å². The Bertz CT molecular complexity index is 857. The van der Waals surface area contributed by atoms with Gasteiger partial charge in [-0.05, 0) is 56.4 Å². The molecule has 6 heteroatoms. The molecule has 0 saturated carbocycles. The minimum atomic E-state index is 0.0187. The summed E-state index contributed by atoms with van der Waals surface area (Å²) in [5, 5.41) is 4.68. The Labute approximate surface area is 166 Å². The summed E-state index contributed by atoms with van der Waals surface area (Å²) in [6.45, 7) is 8.26. The summed E-state index contributed by atoms with van der Waals surface area (Å²) >= 11 is 0. The molecule has 2 aliphatic heterocycles. The standard InChI is InChI=1S/C22H29N3O3/c1-4-17(5-2)25-15(3)13-18(23-25)22(26)24-10-6-7-19(24)16-8-9-20-21(14-16)28-12-11-27-20/h8-9,13-14,17,19H,4-7,10-12H2,1-3H3. The first-order valence-electron chi connectivity index (χ1n) is 10.4. The molecule has 1 aromatic carbocycles. The zero-order valence-electron chi connectivity index (χ0n) is 17.0. The molecule has 0 spiro atoms. The molecule has 2 aliphatic rings. The molecule has 0 aliphatic carbocycles.